The zero-order valence-electron chi connectivity index (χ0n) is 14.6. The van der Waals surface area contributed by atoms with E-state index in [2.05, 4.69) is 25.8 Å². The first-order valence-corrected chi connectivity index (χ1v) is 11.2. The van der Waals surface area contributed by atoms with Crippen molar-refractivity contribution >= 4 is 78.9 Å². The first-order chi connectivity index (χ1) is 14.1. The SMILES string of the molecule is O=C(CSc1nnc(NC(=O)c2nc3ccccc3s2)s1)Nc1ccc(Cl)cc1. The molecule has 0 saturated heterocycles. The van der Waals surface area contributed by atoms with Gasteiger partial charge >= 0.3 is 0 Å². The van der Waals surface area contributed by atoms with Crippen LogP contribution in [0.5, 0.6) is 0 Å². The molecule has 29 heavy (non-hydrogen) atoms. The van der Waals surface area contributed by atoms with Crippen LogP contribution < -0.4 is 10.6 Å². The molecule has 0 fully saturated rings. The van der Waals surface area contributed by atoms with Gasteiger partial charge in [0.15, 0.2) is 9.35 Å². The summed E-state index contributed by atoms with van der Waals surface area (Å²) in [6.45, 7) is 0. The fourth-order valence-corrected chi connectivity index (χ4v) is 4.83. The van der Waals surface area contributed by atoms with Crippen molar-refractivity contribution in [2.45, 2.75) is 4.34 Å². The van der Waals surface area contributed by atoms with Gasteiger partial charge in [-0.1, -0.05) is 46.8 Å². The average Bonchev–Trinajstić information content (AvgIpc) is 3.35. The molecule has 0 unspecified atom stereocenters. The second-order valence-electron chi connectivity index (χ2n) is 5.66. The van der Waals surface area contributed by atoms with Crippen LogP contribution in [0, 0.1) is 0 Å². The molecule has 0 atom stereocenters. The van der Waals surface area contributed by atoms with E-state index in [0.29, 0.717) is 25.2 Å². The van der Waals surface area contributed by atoms with Crippen LogP contribution >= 0.6 is 46.0 Å². The summed E-state index contributed by atoms with van der Waals surface area (Å²) in [6, 6.07) is 14.4. The van der Waals surface area contributed by atoms with Crippen molar-refractivity contribution < 1.29 is 9.59 Å². The number of thioether (sulfide) groups is 1. The Bertz CT molecular complexity index is 1140. The summed E-state index contributed by atoms with van der Waals surface area (Å²) in [5, 5.41) is 14.7. The van der Waals surface area contributed by atoms with E-state index in [-0.39, 0.29) is 17.6 Å². The van der Waals surface area contributed by atoms with Gasteiger partial charge in [-0.05, 0) is 36.4 Å². The highest BCUT2D eigenvalue weighted by Crippen LogP contribution is 2.27. The summed E-state index contributed by atoms with van der Waals surface area (Å²) < 4.78 is 1.52. The molecule has 0 saturated carbocycles. The monoisotopic (exact) mass is 461 g/mol. The Hall–Kier alpha value is -2.53. The molecule has 2 aromatic heterocycles. The number of hydrogen-bond acceptors (Lipinski definition) is 8. The van der Waals surface area contributed by atoms with Crippen LogP contribution in [0.3, 0.4) is 0 Å². The number of carbonyl (C=O) groups is 2. The normalized spacial score (nSPS) is 10.8. The number of carbonyl (C=O) groups excluding carboxylic acids is 2. The number of amides is 2. The van der Waals surface area contributed by atoms with Gasteiger partial charge in [0.1, 0.15) is 0 Å². The van der Waals surface area contributed by atoms with Crippen molar-refractivity contribution in [1.82, 2.24) is 15.2 Å². The highest BCUT2D eigenvalue weighted by Gasteiger charge is 2.15. The molecule has 0 spiro atoms. The third-order valence-electron chi connectivity index (χ3n) is 3.57. The lowest BCUT2D eigenvalue weighted by Crippen LogP contribution is -2.13. The highest BCUT2D eigenvalue weighted by atomic mass is 35.5. The van der Waals surface area contributed by atoms with E-state index in [0.717, 1.165) is 10.2 Å². The summed E-state index contributed by atoms with van der Waals surface area (Å²) in [5.41, 5.74) is 1.45. The third-order valence-corrected chi connectivity index (χ3v) is 6.83. The van der Waals surface area contributed by atoms with Gasteiger partial charge in [0.2, 0.25) is 11.0 Å². The number of anilines is 2. The summed E-state index contributed by atoms with van der Waals surface area (Å²) in [5.74, 6) is -0.338. The Morgan fingerprint density at radius 2 is 1.79 bits per heavy atom. The molecule has 11 heteroatoms. The number of benzene rings is 2. The Morgan fingerprint density at radius 1 is 1.00 bits per heavy atom. The van der Waals surface area contributed by atoms with E-state index in [1.807, 2.05) is 24.3 Å². The molecule has 4 rings (SSSR count). The van der Waals surface area contributed by atoms with E-state index < -0.39 is 0 Å². The van der Waals surface area contributed by atoms with Crippen LogP contribution in [0.4, 0.5) is 10.8 Å². The summed E-state index contributed by atoms with van der Waals surface area (Å²) in [6.07, 6.45) is 0. The molecule has 7 nitrogen and oxygen atoms in total. The molecule has 0 aliphatic carbocycles. The molecule has 2 aromatic carbocycles. The van der Waals surface area contributed by atoms with Crippen molar-refractivity contribution in [3.05, 3.63) is 58.6 Å². The van der Waals surface area contributed by atoms with Crippen LogP contribution in [0.25, 0.3) is 10.2 Å². The van der Waals surface area contributed by atoms with Crippen LogP contribution in [0.2, 0.25) is 5.02 Å². The molecule has 2 amide bonds. The van der Waals surface area contributed by atoms with Crippen LogP contribution in [0.1, 0.15) is 9.80 Å². The Morgan fingerprint density at radius 3 is 2.59 bits per heavy atom. The topological polar surface area (TPSA) is 96.9 Å². The highest BCUT2D eigenvalue weighted by molar-refractivity contribution is 8.01. The minimum absolute atomic E-state index is 0.170. The maximum atomic E-state index is 12.4. The van der Waals surface area contributed by atoms with E-state index in [1.54, 1.807) is 24.3 Å². The number of fused-ring (bicyclic) bond motifs is 1. The van der Waals surface area contributed by atoms with Crippen molar-refractivity contribution in [2.24, 2.45) is 0 Å². The number of aromatic nitrogens is 3. The zero-order valence-corrected chi connectivity index (χ0v) is 17.8. The molecule has 2 heterocycles. The Kier molecular flexibility index (Phi) is 6.05. The van der Waals surface area contributed by atoms with Gasteiger partial charge in [0.25, 0.3) is 5.91 Å². The van der Waals surface area contributed by atoms with Gasteiger partial charge < -0.3 is 5.32 Å². The Labute approximate surface area is 182 Å². The van der Waals surface area contributed by atoms with Crippen LogP contribution in [-0.4, -0.2) is 32.7 Å². The lowest BCUT2D eigenvalue weighted by Gasteiger charge is -2.03. The summed E-state index contributed by atoms with van der Waals surface area (Å²) in [7, 11) is 0. The zero-order chi connectivity index (χ0) is 20.2. The molecule has 146 valence electrons. The van der Waals surface area contributed by atoms with E-state index in [1.165, 1.54) is 34.4 Å². The molecule has 0 aliphatic rings. The lowest BCUT2D eigenvalue weighted by molar-refractivity contribution is -0.113. The number of thiazole rings is 1. The minimum atomic E-state index is -0.334. The standard InChI is InChI=1S/C18H12ClN5O2S3/c19-10-5-7-11(8-6-10)20-14(25)9-27-18-24-23-17(29-18)22-15(26)16-21-12-3-1-2-4-13(12)28-16/h1-8H,9H2,(H,20,25)(H,22,23,26). The quantitative estimate of drug-likeness (QED) is 0.316. The molecule has 4 aromatic rings. The summed E-state index contributed by atoms with van der Waals surface area (Å²) in [4.78, 5) is 28.7. The summed E-state index contributed by atoms with van der Waals surface area (Å²) >= 11 is 9.58. The minimum Gasteiger partial charge on any atom is -0.325 e. The van der Waals surface area contributed by atoms with Gasteiger partial charge in [0.05, 0.1) is 16.0 Å². The van der Waals surface area contributed by atoms with E-state index >= 15 is 0 Å². The molecule has 0 radical (unpaired) electrons. The molecular weight excluding hydrogens is 450 g/mol. The predicted molar refractivity (Wildman–Crippen MR) is 118 cm³/mol. The fourth-order valence-electron chi connectivity index (χ4n) is 2.30. The molecular formula is C18H12ClN5O2S3. The smallest absolute Gasteiger partial charge is 0.286 e. The van der Waals surface area contributed by atoms with Crippen molar-refractivity contribution in [1.29, 1.82) is 0 Å². The fraction of sp³-hybridized carbons (Fsp3) is 0.0556. The average molecular weight is 462 g/mol. The number of hydrogen-bond donors (Lipinski definition) is 2. The molecule has 2 N–H and O–H groups in total. The predicted octanol–water partition coefficient (Wildman–Crippen LogP) is 4.78. The van der Waals surface area contributed by atoms with E-state index in [4.69, 9.17) is 11.6 Å². The third kappa shape index (κ3) is 5.10. The maximum absolute atomic E-state index is 12.4. The van der Waals surface area contributed by atoms with Crippen LogP contribution in [-0.2, 0) is 4.79 Å². The number of nitrogens with one attached hydrogen (secondary N) is 2. The molecule has 0 aliphatic heterocycles. The number of halogens is 1. The number of para-hydroxylation sites is 1. The van der Waals surface area contributed by atoms with Gasteiger partial charge in [-0.3, -0.25) is 14.9 Å². The second-order valence-corrected chi connectivity index (χ2v) is 9.32. The van der Waals surface area contributed by atoms with Crippen molar-refractivity contribution in [3.63, 3.8) is 0 Å². The van der Waals surface area contributed by atoms with Gasteiger partial charge in [0, 0.05) is 10.7 Å². The Balaban J connectivity index is 1.31. The number of nitrogens with zero attached hydrogens (tertiary/aromatic N) is 3. The van der Waals surface area contributed by atoms with Crippen LogP contribution in [0.15, 0.2) is 52.9 Å². The first-order valence-electron chi connectivity index (χ1n) is 8.25. The second kappa shape index (κ2) is 8.87. The maximum Gasteiger partial charge on any atom is 0.286 e. The van der Waals surface area contributed by atoms with Gasteiger partial charge in [-0.15, -0.1) is 21.5 Å². The van der Waals surface area contributed by atoms with Gasteiger partial charge in [-0.2, -0.15) is 0 Å². The molecule has 0 bridgehead atoms. The lowest BCUT2D eigenvalue weighted by atomic mass is 10.3. The van der Waals surface area contributed by atoms with Gasteiger partial charge in [-0.25, -0.2) is 4.98 Å². The van der Waals surface area contributed by atoms with E-state index in [9.17, 15) is 9.59 Å². The van der Waals surface area contributed by atoms with Crippen molar-refractivity contribution in [3.8, 4) is 0 Å². The number of rotatable bonds is 6. The van der Waals surface area contributed by atoms with Crippen molar-refractivity contribution in [2.75, 3.05) is 16.4 Å². The first kappa shape index (κ1) is 19.8. The largest absolute Gasteiger partial charge is 0.325 e.